The number of rotatable bonds is 7. The normalized spacial score (nSPS) is 21.0. The van der Waals surface area contributed by atoms with E-state index in [9.17, 15) is 28.3 Å². The van der Waals surface area contributed by atoms with Crippen molar-refractivity contribution < 1.29 is 28.3 Å². The van der Waals surface area contributed by atoms with Crippen LogP contribution in [0.25, 0.3) is 0 Å². The van der Waals surface area contributed by atoms with Crippen molar-refractivity contribution in [3.05, 3.63) is 107 Å². The van der Waals surface area contributed by atoms with Crippen molar-refractivity contribution in [2.45, 2.75) is 49.9 Å². The Morgan fingerprint density at radius 1 is 0.897 bits per heavy atom. The molecule has 7 nitrogen and oxygen atoms in total. The van der Waals surface area contributed by atoms with Crippen LogP contribution in [0.2, 0.25) is 0 Å². The van der Waals surface area contributed by atoms with Crippen LogP contribution < -0.4 is 10.6 Å². The van der Waals surface area contributed by atoms with Crippen LogP contribution in [-0.2, 0) is 14.4 Å². The van der Waals surface area contributed by atoms with E-state index < -0.39 is 41.6 Å². The van der Waals surface area contributed by atoms with Gasteiger partial charge in [0.1, 0.15) is 23.7 Å². The summed E-state index contributed by atoms with van der Waals surface area (Å²) in [6, 6.07) is 19.2. The number of carbonyl (C=O) groups is 3. The zero-order valence-electron chi connectivity index (χ0n) is 21.7. The number of carbonyl (C=O) groups excluding carboxylic acids is 3. The van der Waals surface area contributed by atoms with Gasteiger partial charge in [0.25, 0.3) is 5.91 Å². The molecule has 4 rings (SSSR count). The molecule has 1 fully saturated rings. The van der Waals surface area contributed by atoms with E-state index in [0.29, 0.717) is 18.9 Å². The number of hydrogen-bond donors (Lipinski definition) is 3. The van der Waals surface area contributed by atoms with E-state index in [1.165, 1.54) is 6.92 Å². The average molecular weight is 536 g/mol. The van der Waals surface area contributed by atoms with E-state index in [-0.39, 0.29) is 23.4 Å². The maximum absolute atomic E-state index is 13.8. The molecule has 3 aromatic rings. The Kier molecular flexibility index (Phi) is 8.71. The molecule has 0 unspecified atom stereocenters. The molecule has 0 aliphatic carbocycles. The summed E-state index contributed by atoms with van der Waals surface area (Å²) in [4.78, 5) is 41.2. The van der Waals surface area contributed by atoms with Crippen LogP contribution in [0, 0.1) is 11.6 Å². The number of nitrogens with zero attached hydrogens (tertiary/aromatic N) is 1. The van der Waals surface area contributed by atoms with Gasteiger partial charge in [0.2, 0.25) is 11.8 Å². The van der Waals surface area contributed by atoms with Gasteiger partial charge in [0, 0.05) is 19.0 Å². The molecule has 1 saturated heterocycles. The van der Waals surface area contributed by atoms with Crippen LogP contribution in [0.5, 0.6) is 0 Å². The molecular formula is C30H31F2N3O4. The van der Waals surface area contributed by atoms with Crippen molar-refractivity contribution >= 4 is 17.7 Å². The number of halogens is 2. The molecule has 5 atom stereocenters. The number of aliphatic hydroxyl groups excluding tert-OH is 1. The van der Waals surface area contributed by atoms with Crippen LogP contribution in [0.15, 0.2) is 78.9 Å². The van der Waals surface area contributed by atoms with Crippen LogP contribution in [0.4, 0.5) is 8.78 Å². The van der Waals surface area contributed by atoms with Crippen molar-refractivity contribution in [1.82, 2.24) is 15.5 Å². The van der Waals surface area contributed by atoms with Crippen molar-refractivity contribution in [2.75, 3.05) is 7.05 Å². The summed E-state index contributed by atoms with van der Waals surface area (Å²) < 4.78 is 27.1. The highest BCUT2D eigenvalue weighted by Crippen LogP contribution is 2.37. The first-order chi connectivity index (χ1) is 18.7. The first-order valence-corrected chi connectivity index (χ1v) is 12.8. The minimum atomic E-state index is -1.89. The molecule has 0 radical (unpaired) electrons. The molecule has 3 amide bonds. The van der Waals surface area contributed by atoms with Gasteiger partial charge in [-0.05, 0) is 48.6 Å². The van der Waals surface area contributed by atoms with E-state index in [4.69, 9.17) is 0 Å². The van der Waals surface area contributed by atoms with Crippen LogP contribution in [0.1, 0.15) is 54.5 Å². The van der Waals surface area contributed by atoms with Gasteiger partial charge in [-0.15, -0.1) is 0 Å². The lowest BCUT2D eigenvalue weighted by molar-refractivity contribution is -0.138. The number of amides is 3. The Labute approximate surface area is 225 Å². The lowest BCUT2D eigenvalue weighted by atomic mass is 9.86. The summed E-state index contributed by atoms with van der Waals surface area (Å²) in [7, 11) is 1.71. The molecule has 0 aromatic heterocycles. The Morgan fingerprint density at radius 2 is 1.46 bits per heavy atom. The van der Waals surface area contributed by atoms with E-state index in [1.54, 1.807) is 11.9 Å². The third-order valence-corrected chi connectivity index (χ3v) is 7.15. The third kappa shape index (κ3) is 6.49. The molecule has 9 heteroatoms. The number of likely N-dealkylation sites (tertiary alicyclic amines) is 1. The number of benzene rings is 3. The molecule has 0 saturated carbocycles. The van der Waals surface area contributed by atoms with E-state index in [2.05, 4.69) is 10.6 Å². The molecule has 3 aromatic carbocycles. The predicted octanol–water partition coefficient (Wildman–Crippen LogP) is 3.77. The summed E-state index contributed by atoms with van der Waals surface area (Å²) in [5.41, 5.74) is 1.61. The minimum absolute atomic E-state index is 0.175. The number of hydrogen-bond acceptors (Lipinski definition) is 4. The first kappa shape index (κ1) is 27.9. The van der Waals surface area contributed by atoms with Gasteiger partial charge in [0.15, 0.2) is 6.10 Å². The van der Waals surface area contributed by atoms with E-state index >= 15 is 0 Å². The molecule has 204 valence electrons. The fourth-order valence-electron chi connectivity index (χ4n) is 5.05. The van der Waals surface area contributed by atoms with Crippen molar-refractivity contribution in [3.8, 4) is 0 Å². The van der Waals surface area contributed by atoms with Gasteiger partial charge in [-0.2, -0.15) is 0 Å². The number of nitrogens with one attached hydrogen (secondary N) is 2. The Morgan fingerprint density at radius 3 is 2.05 bits per heavy atom. The highest BCUT2D eigenvalue weighted by molar-refractivity contribution is 5.93. The first-order valence-electron chi connectivity index (χ1n) is 12.8. The monoisotopic (exact) mass is 535 g/mol. The highest BCUT2D eigenvalue weighted by atomic mass is 19.1. The number of likely N-dealkylation sites (N-methyl/N-ethyl adjacent to an activating group) is 1. The van der Waals surface area contributed by atoms with E-state index in [0.717, 1.165) is 23.3 Å². The Bertz CT molecular complexity index is 1300. The minimum Gasteiger partial charge on any atom is -0.378 e. The largest absolute Gasteiger partial charge is 0.378 e. The summed E-state index contributed by atoms with van der Waals surface area (Å²) in [5, 5.41) is 15.5. The van der Waals surface area contributed by atoms with Crippen molar-refractivity contribution in [2.24, 2.45) is 0 Å². The second kappa shape index (κ2) is 12.2. The fourth-order valence-corrected chi connectivity index (χ4v) is 5.05. The van der Waals surface area contributed by atoms with Crippen LogP contribution in [-0.4, -0.2) is 46.9 Å². The highest BCUT2D eigenvalue weighted by Gasteiger charge is 2.40. The molecule has 0 spiro atoms. The second-order valence-corrected chi connectivity index (χ2v) is 9.79. The third-order valence-electron chi connectivity index (χ3n) is 7.15. The van der Waals surface area contributed by atoms with Crippen LogP contribution >= 0.6 is 0 Å². The molecule has 1 heterocycles. The summed E-state index contributed by atoms with van der Waals surface area (Å²) in [5.74, 6) is -4.11. The average Bonchev–Trinajstić information content (AvgIpc) is 3.04. The lowest BCUT2D eigenvalue weighted by Crippen LogP contribution is -2.54. The SMILES string of the molecule is C[C@H](NC(=O)[C@@H](O)c1cc(F)cc(F)c1)C(=O)N[C@@H]1C(=O)N(C)[C@H](c2ccccc2)CC[C@H]1c1ccccc1. The Balaban J connectivity index is 1.53. The maximum atomic E-state index is 13.8. The van der Waals surface area contributed by atoms with E-state index in [1.807, 2.05) is 60.7 Å². The summed E-state index contributed by atoms with van der Waals surface area (Å²) in [6.45, 7) is 1.40. The van der Waals surface area contributed by atoms with Gasteiger partial charge in [-0.3, -0.25) is 14.4 Å². The van der Waals surface area contributed by atoms with Gasteiger partial charge in [-0.25, -0.2) is 8.78 Å². The van der Waals surface area contributed by atoms with Gasteiger partial charge in [-0.1, -0.05) is 60.7 Å². The maximum Gasteiger partial charge on any atom is 0.254 e. The zero-order chi connectivity index (χ0) is 28.1. The fraction of sp³-hybridized carbons (Fsp3) is 0.300. The molecular weight excluding hydrogens is 504 g/mol. The second-order valence-electron chi connectivity index (χ2n) is 9.79. The topological polar surface area (TPSA) is 98.7 Å². The van der Waals surface area contributed by atoms with Crippen molar-refractivity contribution in [3.63, 3.8) is 0 Å². The predicted molar refractivity (Wildman–Crippen MR) is 141 cm³/mol. The van der Waals surface area contributed by atoms with Gasteiger partial charge < -0.3 is 20.6 Å². The number of aliphatic hydroxyl groups is 1. The molecule has 39 heavy (non-hydrogen) atoms. The molecule has 0 bridgehead atoms. The van der Waals surface area contributed by atoms with Gasteiger partial charge in [0.05, 0.1) is 6.04 Å². The molecule has 1 aliphatic rings. The standard InChI is InChI=1S/C30H31F2N3O4/c1-18(33-29(38)27(36)21-15-22(31)17-23(32)16-21)28(37)34-26-24(19-9-5-3-6-10-19)13-14-25(35(2)30(26)39)20-11-7-4-8-12-20/h3-12,15-18,24-27,36H,13-14H2,1-2H3,(H,33,38)(H,34,37)/t18-,24-,25-,26-,27-/m0/s1. The Hall–Kier alpha value is -4.11. The quantitative estimate of drug-likeness (QED) is 0.429. The van der Waals surface area contributed by atoms with Gasteiger partial charge >= 0.3 is 0 Å². The van der Waals surface area contributed by atoms with Crippen molar-refractivity contribution in [1.29, 1.82) is 0 Å². The lowest BCUT2D eigenvalue weighted by Gasteiger charge is -2.30. The smallest absolute Gasteiger partial charge is 0.254 e. The summed E-state index contributed by atoms with van der Waals surface area (Å²) >= 11 is 0. The summed E-state index contributed by atoms with van der Waals surface area (Å²) in [6.07, 6.45) is -0.587. The molecule has 1 aliphatic heterocycles. The zero-order valence-corrected chi connectivity index (χ0v) is 21.7. The van der Waals surface area contributed by atoms with Crippen LogP contribution in [0.3, 0.4) is 0 Å². The molecule has 3 N–H and O–H groups in total.